The molecule has 0 aliphatic carbocycles. The first kappa shape index (κ1) is 16.0. The first-order valence-electron chi connectivity index (χ1n) is 6.36. The highest BCUT2D eigenvalue weighted by Gasteiger charge is 2.19. The summed E-state index contributed by atoms with van der Waals surface area (Å²) < 4.78 is 10.6. The van der Waals surface area contributed by atoms with Crippen LogP contribution in [0.15, 0.2) is 30.9 Å². The summed E-state index contributed by atoms with van der Waals surface area (Å²) in [5, 5.41) is 0. The smallest absolute Gasteiger partial charge is 0.239 e. The van der Waals surface area contributed by atoms with Gasteiger partial charge in [0.1, 0.15) is 0 Å². The highest BCUT2D eigenvalue weighted by molar-refractivity contribution is 5.81. The van der Waals surface area contributed by atoms with Gasteiger partial charge in [0.2, 0.25) is 5.91 Å². The second kappa shape index (κ2) is 7.55. The predicted octanol–water partition coefficient (Wildman–Crippen LogP) is 1.57. The number of nitrogens with zero attached hydrogens (tertiary/aromatic N) is 1. The van der Waals surface area contributed by atoms with Crippen molar-refractivity contribution in [3.8, 4) is 11.5 Å². The zero-order valence-corrected chi connectivity index (χ0v) is 12.3. The second-order valence-electron chi connectivity index (χ2n) is 4.48. The van der Waals surface area contributed by atoms with E-state index in [4.69, 9.17) is 15.2 Å². The molecule has 0 radical (unpaired) electrons. The number of hydrogen-bond donors (Lipinski definition) is 1. The molecule has 0 aromatic heterocycles. The Labute approximate surface area is 120 Å². The van der Waals surface area contributed by atoms with Crippen molar-refractivity contribution >= 4 is 5.91 Å². The van der Waals surface area contributed by atoms with Crippen LogP contribution < -0.4 is 15.2 Å². The number of carbonyl (C=O) groups is 1. The van der Waals surface area contributed by atoms with Crippen LogP contribution >= 0.6 is 0 Å². The lowest BCUT2D eigenvalue weighted by molar-refractivity contribution is -0.131. The third-order valence-corrected chi connectivity index (χ3v) is 3.01. The van der Waals surface area contributed by atoms with E-state index in [9.17, 15) is 4.79 Å². The van der Waals surface area contributed by atoms with Crippen molar-refractivity contribution in [1.29, 1.82) is 0 Å². The largest absolute Gasteiger partial charge is 0.493 e. The van der Waals surface area contributed by atoms with E-state index < -0.39 is 6.04 Å². The van der Waals surface area contributed by atoms with E-state index in [1.807, 2.05) is 18.2 Å². The van der Waals surface area contributed by atoms with Crippen LogP contribution in [0.25, 0.3) is 0 Å². The van der Waals surface area contributed by atoms with Crippen molar-refractivity contribution in [3.05, 3.63) is 36.4 Å². The SMILES string of the molecule is C=CCC(N)C(=O)N(C)Cc1cccc(OC)c1OC. The molecule has 0 bridgehead atoms. The number of benzene rings is 1. The molecule has 0 aliphatic heterocycles. The number of nitrogens with two attached hydrogens (primary N) is 1. The summed E-state index contributed by atoms with van der Waals surface area (Å²) in [7, 11) is 4.87. The number of rotatable bonds is 7. The van der Waals surface area contributed by atoms with Gasteiger partial charge in [-0.05, 0) is 12.5 Å². The molecule has 0 spiro atoms. The molecular weight excluding hydrogens is 256 g/mol. The number of para-hydroxylation sites is 1. The maximum Gasteiger partial charge on any atom is 0.239 e. The van der Waals surface area contributed by atoms with E-state index in [1.54, 1.807) is 32.2 Å². The number of likely N-dealkylation sites (N-methyl/N-ethyl adjacent to an activating group) is 1. The number of methoxy groups -OCH3 is 2. The molecule has 1 amide bonds. The minimum atomic E-state index is -0.561. The predicted molar refractivity (Wildman–Crippen MR) is 78.8 cm³/mol. The Bertz CT molecular complexity index is 474. The summed E-state index contributed by atoms with van der Waals surface area (Å²) in [5.74, 6) is 1.14. The van der Waals surface area contributed by atoms with Crippen molar-refractivity contribution in [1.82, 2.24) is 4.90 Å². The highest BCUT2D eigenvalue weighted by atomic mass is 16.5. The maximum absolute atomic E-state index is 12.1. The highest BCUT2D eigenvalue weighted by Crippen LogP contribution is 2.31. The van der Waals surface area contributed by atoms with Crippen molar-refractivity contribution < 1.29 is 14.3 Å². The van der Waals surface area contributed by atoms with Gasteiger partial charge in [0.15, 0.2) is 11.5 Å². The average molecular weight is 278 g/mol. The van der Waals surface area contributed by atoms with Crippen molar-refractivity contribution in [3.63, 3.8) is 0 Å². The lowest BCUT2D eigenvalue weighted by Gasteiger charge is -2.22. The molecule has 1 aromatic rings. The van der Waals surface area contributed by atoms with Gasteiger partial charge < -0.3 is 20.1 Å². The fourth-order valence-corrected chi connectivity index (χ4v) is 1.98. The molecule has 110 valence electrons. The Morgan fingerprint density at radius 1 is 1.45 bits per heavy atom. The van der Waals surface area contributed by atoms with E-state index in [0.717, 1.165) is 5.56 Å². The normalized spacial score (nSPS) is 11.6. The Morgan fingerprint density at radius 3 is 2.70 bits per heavy atom. The van der Waals surface area contributed by atoms with Gasteiger partial charge in [-0.15, -0.1) is 6.58 Å². The Balaban J connectivity index is 2.87. The van der Waals surface area contributed by atoms with Gasteiger partial charge in [-0.2, -0.15) is 0 Å². The standard InChI is InChI=1S/C15H22N2O3/c1-5-7-12(16)15(18)17(2)10-11-8-6-9-13(19-3)14(11)20-4/h5-6,8-9,12H,1,7,10,16H2,2-4H3. The van der Waals surface area contributed by atoms with Crippen LogP contribution in [0, 0.1) is 0 Å². The molecule has 1 atom stereocenters. The molecule has 5 nitrogen and oxygen atoms in total. The zero-order valence-electron chi connectivity index (χ0n) is 12.3. The number of amides is 1. The van der Waals surface area contributed by atoms with Crippen molar-refractivity contribution in [2.75, 3.05) is 21.3 Å². The fraction of sp³-hybridized carbons (Fsp3) is 0.400. The van der Waals surface area contributed by atoms with Gasteiger partial charge in [0.25, 0.3) is 0 Å². The molecule has 0 fully saturated rings. The van der Waals surface area contributed by atoms with Gasteiger partial charge >= 0.3 is 0 Å². The summed E-state index contributed by atoms with van der Waals surface area (Å²) in [5.41, 5.74) is 6.66. The third-order valence-electron chi connectivity index (χ3n) is 3.01. The number of ether oxygens (including phenoxy) is 2. The van der Waals surface area contributed by atoms with E-state index in [-0.39, 0.29) is 5.91 Å². The van der Waals surface area contributed by atoms with Crippen molar-refractivity contribution in [2.45, 2.75) is 19.0 Å². The Kier molecular flexibility index (Phi) is 6.06. The topological polar surface area (TPSA) is 64.8 Å². The summed E-state index contributed by atoms with van der Waals surface area (Å²) in [6.45, 7) is 4.00. The van der Waals surface area contributed by atoms with Crippen LogP contribution in [0.2, 0.25) is 0 Å². The van der Waals surface area contributed by atoms with Crippen molar-refractivity contribution in [2.24, 2.45) is 5.73 Å². The summed E-state index contributed by atoms with van der Waals surface area (Å²) in [4.78, 5) is 13.6. The van der Waals surface area contributed by atoms with Crippen LogP contribution in [-0.2, 0) is 11.3 Å². The maximum atomic E-state index is 12.1. The van der Waals surface area contributed by atoms with E-state index in [2.05, 4.69) is 6.58 Å². The fourth-order valence-electron chi connectivity index (χ4n) is 1.98. The summed E-state index contributed by atoms with van der Waals surface area (Å²) in [6, 6.07) is 5.00. The van der Waals surface area contributed by atoms with Crippen LogP contribution in [-0.4, -0.2) is 38.1 Å². The molecule has 1 aromatic carbocycles. The van der Waals surface area contributed by atoms with Crippen LogP contribution in [0.3, 0.4) is 0 Å². The first-order valence-corrected chi connectivity index (χ1v) is 6.36. The molecule has 0 saturated heterocycles. The Hall–Kier alpha value is -2.01. The first-order chi connectivity index (χ1) is 9.54. The molecule has 0 heterocycles. The van der Waals surface area contributed by atoms with E-state index >= 15 is 0 Å². The lowest BCUT2D eigenvalue weighted by Crippen LogP contribution is -2.41. The zero-order chi connectivity index (χ0) is 15.1. The molecule has 5 heteroatoms. The van der Waals surface area contributed by atoms with Crippen LogP contribution in [0.1, 0.15) is 12.0 Å². The molecule has 1 unspecified atom stereocenters. The Morgan fingerprint density at radius 2 is 2.15 bits per heavy atom. The third kappa shape index (κ3) is 3.74. The molecule has 0 saturated carbocycles. The number of hydrogen-bond acceptors (Lipinski definition) is 4. The molecule has 1 rings (SSSR count). The van der Waals surface area contributed by atoms with Gasteiger partial charge in [-0.1, -0.05) is 18.2 Å². The monoisotopic (exact) mass is 278 g/mol. The van der Waals surface area contributed by atoms with E-state index in [1.165, 1.54) is 0 Å². The second-order valence-corrected chi connectivity index (χ2v) is 4.48. The van der Waals surface area contributed by atoms with Crippen LogP contribution in [0.4, 0.5) is 0 Å². The number of carbonyl (C=O) groups excluding carboxylic acids is 1. The summed E-state index contributed by atoms with van der Waals surface area (Å²) >= 11 is 0. The van der Waals surface area contributed by atoms with Gasteiger partial charge in [-0.25, -0.2) is 0 Å². The quantitative estimate of drug-likeness (QED) is 0.769. The van der Waals surface area contributed by atoms with E-state index in [0.29, 0.717) is 24.5 Å². The molecule has 20 heavy (non-hydrogen) atoms. The van der Waals surface area contributed by atoms with Crippen LogP contribution in [0.5, 0.6) is 11.5 Å². The minimum absolute atomic E-state index is 0.130. The molecule has 2 N–H and O–H groups in total. The molecular formula is C15H22N2O3. The summed E-state index contributed by atoms with van der Waals surface area (Å²) in [6.07, 6.45) is 2.10. The lowest BCUT2D eigenvalue weighted by atomic mass is 10.1. The average Bonchev–Trinajstić information content (AvgIpc) is 2.46. The molecule has 0 aliphatic rings. The van der Waals surface area contributed by atoms with Gasteiger partial charge in [-0.3, -0.25) is 4.79 Å². The van der Waals surface area contributed by atoms with Gasteiger partial charge in [0, 0.05) is 19.2 Å². The van der Waals surface area contributed by atoms with Gasteiger partial charge in [0.05, 0.1) is 20.3 Å². The minimum Gasteiger partial charge on any atom is -0.493 e.